The first-order valence-corrected chi connectivity index (χ1v) is 5.77. The third-order valence-electron chi connectivity index (χ3n) is 2.46. The van der Waals surface area contributed by atoms with Gasteiger partial charge in [-0.05, 0) is 12.8 Å². The standard InChI is InChI=1S/C12H14N4O2/c1-7(2)4-11-14-12(18-16-11)5-10-9(6-13)8(3)17-15-10/h7H,4-5H2,1-3H3. The first-order valence-electron chi connectivity index (χ1n) is 5.77. The topological polar surface area (TPSA) is 88.7 Å². The van der Waals surface area contributed by atoms with Crippen molar-refractivity contribution in [2.24, 2.45) is 5.92 Å². The van der Waals surface area contributed by atoms with Crippen LogP contribution in [0.4, 0.5) is 0 Å². The highest BCUT2D eigenvalue weighted by molar-refractivity contribution is 5.36. The molecule has 0 unspecified atom stereocenters. The van der Waals surface area contributed by atoms with E-state index in [0.29, 0.717) is 41.1 Å². The molecule has 0 fully saturated rings. The van der Waals surface area contributed by atoms with E-state index >= 15 is 0 Å². The number of hydrogen-bond acceptors (Lipinski definition) is 6. The minimum absolute atomic E-state index is 0.325. The molecular weight excluding hydrogens is 232 g/mol. The molecule has 0 aromatic carbocycles. The van der Waals surface area contributed by atoms with E-state index in [9.17, 15) is 0 Å². The third-order valence-corrected chi connectivity index (χ3v) is 2.46. The number of aromatic nitrogens is 3. The van der Waals surface area contributed by atoms with E-state index < -0.39 is 0 Å². The summed E-state index contributed by atoms with van der Waals surface area (Å²) in [7, 11) is 0. The van der Waals surface area contributed by atoms with Crippen molar-refractivity contribution < 1.29 is 9.05 Å². The summed E-state index contributed by atoms with van der Waals surface area (Å²) in [5, 5.41) is 16.7. The largest absolute Gasteiger partial charge is 0.360 e. The van der Waals surface area contributed by atoms with Gasteiger partial charge in [-0.25, -0.2) is 0 Å². The smallest absolute Gasteiger partial charge is 0.232 e. The molecule has 0 aliphatic carbocycles. The van der Waals surface area contributed by atoms with Gasteiger partial charge in [0.25, 0.3) is 0 Å². The van der Waals surface area contributed by atoms with E-state index in [1.165, 1.54) is 0 Å². The molecule has 18 heavy (non-hydrogen) atoms. The van der Waals surface area contributed by atoms with E-state index in [-0.39, 0.29) is 0 Å². The van der Waals surface area contributed by atoms with Crippen molar-refractivity contribution in [2.45, 2.75) is 33.6 Å². The lowest BCUT2D eigenvalue weighted by Crippen LogP contribution is -1.97. The molecule has 0 atom stereocenters. The van der Waals surface area contributed by atoms with Gasteiger partial charge in [0.2, 0.25) is 5.89 Å². The second-order valence-corrected chi connectivity index (χ2v) is 4.55. The SMILES string of the molecule is Cc1onc(Cc2nc(CC(C)C)no2)c1C#N. The summed E-state index contributed by atoms with van der Waals surface area (Å²) in [6, 6.07) is 2.06. The van der Waals surface area contributed by atoms with Crippen molar-refractivity contribution in [3.05, 3.63) is 28.7 Å². The van der Waals surface area contributed by atoms with Gasteiger partial charge in [0, 0.05) is 6.42 Å². The van der Waals surface area contributed by atoms with Crippen molar-refractivity contribution in [1.82, 2.24) is 15.3 Å². The van der Waals surface area contributed by atoms with Gasteiger partial charge in [0.05, 0.1) is 6.42 Å². The summed E-state index contributed by atoms with van der Waals surface area (Å²) in [5.41, 5.74) is 0.980. The Morgan fingerprint density at radius 3 is 2.72 bits per heavy atom. The van der Waals surface area contributed by atoms with E-state index in [4.69, 9.17) is 14.3 Å². The summed E-state index contributed by atoms with van der Waals surface area (Å²) in [6.45, 7) is 5.88. The fourth-order valence-electron chi connectivity index (χ4n) is 1.64. The second-order valence-electron chi connectivity index (χ2n) is 4.55. The molecule has 2 aromatic heterocycles. The van der Waals surface area contributed by atoms with Gasteiger partial charge in [-0.1, -0.05) is 24.2 Å². The number of nitriles is 1. The Labute approximate surface area is 105 Å². The van der Waals surface area contributed by atoms with Crippen LogP contribution in [0.15, 0.2) is 9.05 Å². The molecule has 2 rings (SSSR count). The van der Waals surface area contributed by atoms with E-state index in [0.717, 1.165) is 6.42 Å². The monoisotopic (exact) mass is 246 g/mol. The normalized spacial score (nSPS) is 10.8. The van der Waals surface area contributed by atoms with Crippen LogP contribution in [-0.4, -0.2) is 15.3 Å². The highest BCUT2D eigenvalue weighted by Gasteiger charge is 2.16. The maximum atomic E-state index is 8.97. The fourth-order valence-corrected chi connectivity index (χ4v) is 1.64. The van der Waals surface area contributed by atoms with Crippen LogP contribution in [0, 0.1) is 24.2 Å². The molecule has 6 nitrogen and oxygen atoms in total. The van der Waals surface area contributed by atoms with Crippen LogP contribution in [0.1, 0.15) is 42.6 Å². The molecule has 0 amide bonds. The average Bonchev–Trinajstić information content (AvgIpc) is 2.86. The van der Waals surface area contributed by atoms with Gasteiger partial charge in [0.15, 0.2) is 11.6 Å². The lowest BCUT2D eigenvalue weighted by Gasteiger charge is -1.95. The van der Waals surface area contributed by atoms with E-state index in [1.807, 2.05) is 0 Å². The molecule has 0 saturated carbocycles. The molecule has 2 heterocycles. The van der Waals surface area contributed by atoms with E-state index in [2.05, 4.69) is 35.2 Å². The Balaban J connectivity index is 2.14. The predicted molar refractivity (Wildman–Crippen MR) is 61.6 cm³/mol. The Hall–Kier alpha value is -2.16. The summed E-state index contributed by atoms with van der Waals surface area (Å²) in [6.07, 6.45) is 1.10. The summed E-state index contributed by atoms with van der Waals surface area (Å²) < 4.78 is 10.1. The molecule has 0 saturated heterocycles. The number of nitrogens with zero attached hydrogens (tertiary/aromatic N) is 4. The summed E-state index contributed by atoms with van der Waals surface area (Å²) in [4.78, 5) is 4.26. The Kier molecular flexibility index (Phi) is 3.42. The van der Waals surface area contributed by atoms with Crippen molar-refractivity contribution >= 4 is 0 Å². The van der Waals surface area contributed by atoms with Crippen LogP contribution in [0.2, 0.25) is 0 Å². The van der Waals surface area contributed by atoms with Gasteiger partial charge in [0.1, 0.15) is 17.3 Å². The molecule has 0 aliphatic rings. The predicted octanol–water partition coefficient (Wildman–Crippen LogP) is 2.03. The van der Waals surface area contributed by atoms with Crippen LogP contribution < -0.4 is 0 Å². The first-order chi connectivity index (χ1) is 8.60. The van der Waals surface area contributed by atoms with Crippen LogP contribution in [-0.2, 0) is 12.8 Å². The van der Waals surface area contributed by atoms with E-state index in [1.54, 1.807) is 6.92 Å². The first kappa shape index (κ1) is 12.3. The van der Waals surface area contributed by atoms with Crippen LogP contribution in [0.25, 0.3) is 0 Å². The highest BCUT2D eigenvalue weighted by Crippen LogP contribution is 2.15. The molecule has 6 heteroatoms. The minimum Gasteiger partial charge on any atom is -0.360 e. The maximum Gasteiger partial charge on any atom is 0.232 e. The van der Waals surface area contributed by atoms with Crippen molar-refractivity contribution in [2.75, 3.05) is 0 Å². The molecule has 0 spiro atoms. The second kappa shape index (κ2) is 5.00. The summed E-state index contributed by atoms with van der Waals surface area (Å²) >= 11 is 0. The van der Waals surface area contributed by atoms with Crippen molar-refractivity contribution in [3.8, 4) is 6.07 Å². The lowest BCUT2D eigenvalue weighted by atomic mass is 10.1. The Morgan fingerprint density at radius 1 is 1.28 bits per heavy atom. The zero-order chi connectivity index (χ0) is 13.1. The van der Waals surface area contributed by atoms with Gasteiger partial charge >= 0.3 is 0 Å². The zero-order valence-corrected chi connectivity index (χ0v) is 10.6. The minimum atomic E-state index is 0.325. The average molecular weight is 246 g/mol. The number of hydrogen-bond donors (Lipinski definition) is 0. The number of aryl methyl sites for hydroxylation is 1. The molecule has 0 radical (unpaired) electrons. The number of rotatable bonds is 4. The van der Waals surface area contributed by atoms with Gasteiger partial charge in [-0.2, -0.15) is 10.2 Å². The fraction of sp³-hybridized carbons (Fsp3) is 0.500. The quantitative estimate of drug-likeness (QED) is 0.820. The van der Waals surface area contributed by atoms with Crippen molar-refractivity contribution in [3.63, 3.8) is 0 Å². The van der Waals surface area contributed by atoms with Crippen LogP contribution >= 0.6 is 0 Å². The Morgan fingerprint density at radius 2 is 2.06 bits per heavy atom. The van der Waals surface area contributed by atoms with Crippen LogP contribution in [0.3, 0.4) is 0 Å². The Bertz CT molecular complexity index is 577. The molecule has 94 valence electrons. The third kappa shape index (κ3) is 2.56. The molecule has 0 N–H and O–H groups in total. The molecule has 0 bridgehead atoms. The maximum absolute atomic E-state index is 8.97. The molecule has 2 aromatic rings. The summed E-state index contributed by atoms with van der Waals surface area (Å²) in [5.74, 6) is 2.11. The molecule has 0 aliphatic heterocycles. The highest BCUT2D eigenvalue weighted by atomic mass is 16.5. The zero-order valence-electron chi connectivity index (χ0n) is 10.6. The van der Waals surface area contributed by atoms with Gasteiger partial charge in [-0.15, -0.1) is 0 Å². The lowest BCUT2D eigenvalue weighted by molar-refractivity contribution is 0.366. The van der Waals surface area contributed by atoms with Crippen LogP contribution in [0.5, 0.6) is 0 Å². The molecular formula is C12H14N4O2. The van der Waals surface area contributed by atoms with Gasteiger partial charge < -0.3 is 9.05 Å². The van der Waals surface area contributed by atoms with Crippen molar-refractivity contribution in [1.29, 1.82) is 5.26 Å². The van der Waals surface area contributed by atoms with Gasteiger partial charge in [-0.3, -0.25) is 0 Å².